The summed E-state index contributed by atoms with van der Waals surface area (Å²) in [7, 11) is 0. The number of carbonyl (C=O) groups is 2. The molecule has 0 saturated carbocycles. The lowest BCUT2D eigenvalue weighted by Crippen LogP contribution is -2.49. The van der Waals surface area contributed by atoms with Gasteiger partial charge in [0, 0.05) is 0 Å². The zero-order valence-electron chi connectivity index (χ0n) is 8.93. The van der Waals surface area contributed by atoms with Crippen molar-refractivity contribution in [2.45, 2.75) is 6.10 Å². The molecule has 1 aromatic carbocycles. The minimum atomic E-state index is -0.836. The van der Waals surface area contributed by atoms with E-state index in [0.29, 0.717) is 11.4 Å². The maximum Gasteiger partial charge on any atom is 0.260 e. The van der Waals surface area contributed by atoms with Crippen LogP contribution in [0.1, 0.15) is 0 Å². The fraction of sp³-hybridized carbons (Fsp3) is 0.273. The van der Waals surface area contributed by atoms with Gasteiger partial charge in [0.15, 0.2) is 6.10 Å². The number of hydrogen-bond donors (Lipinski definition) is 1. The van der Waals surface area contributed by atoms with Crippen molar-refractivity contribution < 1.29 is 14.3 Å². The summed E-state index contributed by atoms with van der Waals surface area (Å²) in [5.74, 6) is -0.582. The van der Waals surface area contributed by atoms with Crippen LogP contribution in [0.2, 0.25) is 0 Å². The second-order valence-electron chi connectivity index (χ2n) is 3.61. The van der Waals surface area contributed by atoms with Crippen molar-refractivity contribution in [1.82, 2.24) is 0 Å². The van der Waals surface area contributed by atoms with E-state index in [9.17, 15) is 9.59 Å². The maximum absolute atomic E-state index is 11.7. The monoisotopic (exact) mass is 254 g/mol. The van der Waals surface area contributed by atoms with E-state index in [1.54, 1.807) is 24.3 Å². The van der Waals surface area contributed by atoms with Gasteiger partial charge >= 0.3 is 0 Å². The molecule has 1 aromatic rings. The first-order chi connectivity index (χ1) is 8.13. The van der Waals surface area contributed by atoms with E-state index < -0.39 is 12.0 Å². The van der Waals surface area contributed by atoms with Crippen LogP contribution in [0.3, 0.4) is 0 Å². The Bertz CT molecular complexity index is 464. The van der Waals surface area contributed by atoms with Gasteiger partial charge in [0.2, 0.25) is 5.91 Å². The number of rotatable bonds is 2. The number of halogens is 1. The van der Waals surface area contributed by atoms with E-state index in [2.05, 4.69) is 0 Å². The SMILES string of the molecule is NC(=O)[C@@H]1CN(C(=O)CCl)c2ccccc2O1. The van der Waals surface area contributed by atoms with Crippen LogP contribution < -0.4 is 15.4 Å². The highest BCUT2D eigenvalue weighted by molar-refractivity contribution is 6.29. The van der Waals surface area contributed by atoms with Gasteiger partial charge in [0.1, 0.15) is 11.6 Å². The van der Waals surface area contributed by atoms with E-state index >= 15 is 0 Å². The largest absolute Gasteiger partial charge is 0.477 e. The minimum Gasteiger partial charge on any atom is -0.477 e. The molecule has 5 nitrogen and oxygen atoms in total. The molecule has 90 valence electrons. The number of nitrogens with two attached hydrogens (primary N) is 1. The Hall–Kier alpha value is -1.75. The lowest BCUT2D eigenvalue weighted by Gasteiger charge is -2.33. The number of alkyl halides is 1. The third kappa shape index (κ3) is 2.19. The summed E-state index contributed by atoms with van der Waals surface area (Å²) < 4.78 is 5.41. The van der Waals surface area contributed by atoms with Crippen LogP contribution in [0, 0.1) is 0 Å². The molecule has 0 aromatic heterocycles. The quantitative estimate of drug-likeness (QED) is 0.782. The smallest absolute Gasteiger partial charge is 0.260 e. The molecule has 0 spiro atoms. The van der Waals surface area contributed by atoms with Gasteiger partial charge in [-0.25, -0.2) is 0 Å². The summed E-state index contributed by atoms with van der Waals surface area (Å²) in [4.78, 5) is 24.2. The summed E-state index contributed by atoms with van der Waals surface area (Å²) in [6, 6.07) is 6.95. The van der Waals surface area contributed by atoms with Gasteiger partial charge in [-0.1, -0.05) is 12.1 Å². The number of primary amides is 1. The Labute approximate surface area is 103 Å². The molecular formula is C11H11ClN2O3. The fourth-order valence-electron chi connectivity index (χ4n) is 1.69. The molecule has 17 heavy (non-hydrogen) atoms. The molecule has 0 bridgehead atoms. The van der Waals surface area contributed by atoms with E-state index in [1.807, 2.05) is 0 Å². The first kappa shape index (κ1) is 11.7. The number of fused-ring (bicyclic) bond motifs is 1. The van der Waals surface area contributed by atoms with E-state index in [1.165, 1.54) is 4.90 Å². The number of anilines is 1. The van der Waals surface area contributed by atoms with Crippen molar-refractivity contribution in [3.05, 3.63) is 24.3 Å². The number of benzene rings is 1. The Balaban J connectivity index is 2.39. The van der Waals surface area contributed by atoms with Gasteiger partial charge in [-0.15, -0.1) is 11.6 Å². The molecule has 2 amide bonds. The number of amides is 2. The molecule has 0 unspecified atom stereocenters. The van der Waals surface area contributed by atoms with Crippen molar-refractivity contribution in [3.63, 3.8) is 0 Å². The predicted octanol–water partition coefficient (Wildman–Crippen LogP) is 0.505. The predicted molar refractivity (Wildman–Crippen MR) is 63.1 cm³/mol. The third-order valence-electron chi connectivity index (χ3n) is 2.51. The summed E-state index contributed by atoms with van der Waals surface area (Å²) in [5, 5.41) is 0. The van der Waals surface area contributed by atoms with E-state index in [-0.39, 0.29) is 18.3 Å². The highest BCUT2D eigenvalue weighted by Gasteiger charge is 2.31. The lowest BCUT2D eigenvalue weighted by molar-refractivity contribution is -0.125. The molecule has 0 aliphatic carbocycles. The first-order valence-corrected chi connectivity index (χ1v) is 5.58. The molecule has 2 N–H and O–H groups in total. The number of para-hydroxylation sites is 2. The Morgan fingerprint density at radius 3 is 2.82 bits per heavy atom. The second kappa shape index (κ2) is 4.63. The van der Waals surface area contributed by atoms with E-state index in [0.717, 1.165) is 0 Å². The van der Waals surface area contributed by atoms with Crippen LogP contribution in [0.15, 0.2) is 24.3 Å². The van der Waals surface area contributed by atoms with Gasteiger partial charge in [-0.05, 0) is 12.1 Å². The van der Waals surface area contributed by atoms with Crippen LogP contribution in [0.4, 0.5) is 5.69 Å². The van der Waals surface area contributed by atoms with Gasteiger partial charge in [0.05, 0.1) is 12.2 Å². The van der Waals surface area contributed by atoms with Crippen molar-refractivity contribution in [3.8, 4) is 5.75 Å². The molecule has 1 aliphatic rings. The molecule has 0 fully saturated rings. The molecular weight excluding hydrogens is 244 g/mol. The molecule has 1 atom stereocenters. The van der Waals surface area contributed by atoms with Crippen LogP contribution in [0.25, 0.3) is 0 Å². The van der Waals surface area contributed by atoms with Crippen LogP contribution in [0.5, 0.6) is 5.75 Å². The van der Waals surface area contributed by atoms with Gasteiger partial charge in [-0.2, -0.15) is 0 Å². The van der Waals surface area contributed by atoms with Gasteiger partial charge in [-0.3, -0.25) is 9.59 Å². The number of ether oxygens (including phenoxy) is 1. The standard InChI is InChI=1S/C11H11ClN2O3/c12-5-10(15)14-6-9(11(13)16)17-8-4-2-1-3-7(8)14/h1-4,9H,5-6H2,(H2,13,16)/t9-/m0/s1. The maximum atomic E-state index is 11.7. The molecule has 1 heterocycles. The highest BCUT2D eigenvalue weighted by Crippen LogP contribution is 2.33. The lowest BCUT2D eigenvalue weighted by atomic mass is 10.2. The number of carbonyl (C=O) groups excluding carboxylic acids is 2. The van der Waals surface area contributed by atoms with Crippen molar-refractivity contribution in [1.29, 1.82) is 0 Å². The molecule has 1 aliphatic heterocycles. The average molecular weight is 255 g/mol. The summed E-state index contributed by atoms with van der Waals surface area (Å²) in [5.41, 5.74) is 5.80. The van der Waals surface area contributed by atoms with Gasteiger partial charge in [0.25, 0.3) is 5.91 Å². The average Bonchev–Trinajstić information content (AvgIpc) is 2.36. The van der Waals surface area contributed by atoms with Crippen LogP contribution in [-0.2, 0) is 9.59 Å². The molecule has 0 radical (unpaired) electrons. The third-order valence-corrected chi connectivity index (χ3v) is 2.74. The molecule has 2 rings (SSSR count). The number of hydrogen-bond acceptors (Lipinski definition) is 3. The Morgan fingerprint density at radius 2 is 2.18 bits per heavy atom. The normalized spacial score (nSPS) is 18.2. The van der Waals surface area contributed by atoms with Crippen molar-refractivity contribution in [2.24, 2.45) is 5.73 Å². The fourth-order valence-corrected chi connectivity index (χ4v) is 1.84. The topological polar surface area (TPSA) is 72.6 Å². The Morgan fingerprint density at radius 1 is 1.47 bits per heavy atom. The summed E-state index contributed by atoms with van der Waals surface area (Å²) in [6.07, 6.45) is -0.836. The van der Waals surface area contributed by atoms with Crippen molar-refractivity contribution in [2.75, 3.05) is 17.3 Å². The second-order valence-corrected chi connectivity index (χ2v) is 3.88. The van der Waals surface area contributed by atoms with E-state index in [4.69, 9.17) is 22.1 Å². The van der Waals surface area contributed by atoms with Crippen molar-refractivity contribution >= 4 is 29.1 Å². The summed E-state index contributed by atoms with van der Waals surface area (Å²) in [6.45, 7) is 0.0951. The van der Waals surface area contributed by atoms with Crippen LogP contribution >= 0.6 is 11.6 Å². The van der Waals surface area contributed by atoms with Gasteiger partial charge < -0.3 is 15.4 Å². The van der Waals surface area contributed by atoms with Crippen LogP contribution in [-0.4, -0.2) is 30.3 Å². The first-order valence-electron chi connectivity index (χ1n) is 5.05. The Kier molecular flexibility index (Phi) is 3.19. The molecule has 6 heteroatoms. The minimum absolute atomic E-state index is 0.0951. The summed E-state index contributed by atoms with van der Waals surface area (Å²) >= 11 is 5.53. The molecule has 0 saturated heterocycles. The number of nitrogens with zero attached hydrogens (tertiary/aromatic N) is 1. The highest BCUT2D eigenvalue weighted by atomic mass is 35.5. The zero-order chi connectivity index (χ0) is 12.4. The zero-order valence-corrected chi connectivity index (χ0v) is 9.68.